The molecule has 4 nitrogen and oxygen atoms in total. The highest BCUT2D eigenvalue weighted by Crippen LogP contribution is 2.36. The average molecular weight is 579 g/mol. The number of rotatable bonds is 5. The third kappa shape index (κ3) is 5.63. The first-order valence-electron chi connectivity index (χ1n) is 8.99. The van der Waals surface area contributed by atoms with Crippen molar-refractivity contribution >= 4 is 43.6 Å². The van der Waals surface area contributed by atoms with Crippen LogP contribution in [0.1, 0.15) is 28.4 Å². The van der Waals surface area contributed by atoms with Gasteiger partial charge in [0.05, 0.1) is 23.0 Å². The highest BCUT2D eigenvalue weighted by atomic mass is 79.9. The summed E-state index contributed by atoms with van der Waals surface area (Å²) in [6.07, 6.45) is -3.54. The van der Waals surface area contributed by atoms with E-state index >= 15 is 0 Å². The summed E-state index contributed by atoms with van der Waals surface area (Å²) in [5, 5.41) is 4.95. The lowest BCUT2D eigenvalue weighted by molar-refractivity contribution is -0.138. The van der Waals surface area contributed by atoms with Crippen molar-refractivity contribution in [3.63, 3.8) is 0 Å². The van der Waals surface area contributed by atoms with Crippen molar-refractivity contribution in [2.45, 2.75) is 18.9 Å². The predicted molar refractivity (Wildman–Crippen MR) is 116 cm³/mol. The Morgan fingerprint density at radius 2 is 1.69 bits per heavy atom. The molecule has 2 N–H and O–H groups in total. The van der Waals surface area contributed by atoms with Crippen LogP contribution in [0, 0.1) is 5.82 Å². The van der Waals surface area contributed by atoms with Gasteiger partial charge in [0.15, 0.2) is 0 Å². The van der Waals surface area contributed by atoms with Gasteiger partial charge in [-0.2, -0.15) is 13.2 Å². The van der Waals surface area contributed by atoms with Crippen molar-refractivity contribution in [2.24, 2.45) is 0 Å². The van der Waals surface area contributed by atoms with Crippen LogP contribution < -0.4 is 10.6 Å². The van der Waals surface area contributed by atoms with E-state index in [2.05, 4.69) is 47.5 Å². The van der Waals surface area contributed by atoms with Crippen LogP contribution >= 0.6 is 31.9 Å². The molecule has 0 aliphatic rings. The van der Waals surface area contributed by atoms with Crippen LogP contribution in [0.3, 0.4) is 0 Å². The summed E-state index contributed by atoms with van der Waals surface area (Å²) in [6, 6.07) is 7.71. The maximum atomic E-state index is 13.6. The first-order valence-corrected chi connectivity index (χ1v) is 10.6. The van der Waals surface area contributed by atoms with Gasteiger partial charge in [-0.3, -0.25) is 4.98 Å². The number of anilines is 1. The summed E-state index contributed by atoms with van der Waals surface area (Å²) >= 11 is 6.25. The Hall–Kier alpha value is -2.53. The van der Waals surface area contributed by atoms with E-state index in [-0.39, 0.29) is 20.2 Å². The fraction of sp³-hybridized carbons (Fsp3) is 0.143. The summed E-state index contributed by atoms with van der Waals surface area (Å²) in [4.78, 5) is 16.6. The van der Waals surface area contributed by atoms with E-state index in [4.69, 9.17) is 0 Å². The van der Waals surface area contributed by atoms with Gasteiger partial charge in [0.1, 0.15) is 12.5 Å². The fourth-order valence-electron chi connectivity index (χ4n) is 2.94. The van der Waals surface area contributed by atoms with Gasteiger partial charge in [-0.1, -0.05) is 24.3 Å². The van der Waals surface area contributed by atoms with Gasteiger partial charge < -0.3 is 10.6 Å². The van der Waals surface area contributed by atoms with E-state index in [1.54, 1.807) is 0 Å². The molecule has 0 fully saturated rings. The minimum atomic E-state index is -4.72. The molecule has 2 amide bonds. The summed E-state index contributed by atoms with van der Waals surface area (Å²) in [5.74, 6) is -0.566. The number of benzene rings is 2. The highest BCUT2D eigenvalue weighted by Gasteiger charge is 2.37. The Morgan fingerprint density at radius 3 is 2.25 bits per heavy atom. The standard InChI is InChI=1S/C21H14Br2F5N3O/c22-15-8-13(25)9-16(23)19(15)31-20(32)30-17(12-5-3-11(10-24)4-6-12)18-14(21(26,27)28)2-1-7-29-18/h1-9,17H,10H2,(H2,30,31,32)/t17-/m0/s1. The van der Waals surface area contributed by atoms with Crippen molar-refractivity contribution in [1.29, 1.82) is 0 Å². The first-order chi connectivity index (χ1) is 15.1. The molecule has 0 bridgehead atoms. The van der Waals surface area contributed by atoms with Gasteiger partial charge in [0, 0.05) is 15.1 Å². The molecule has 0 saturated heterocycles. The van der Waals surface area contributed by atoms with Crippen LogP contribution in [0.2, 0.25) is 0 Å². The average Bonchev–Trinajstić information content (AvgIpc) is 2.74. The molecule has 0 aliphatic heterocycles. The molecule has 0 radical (unpaired) electrons. The minimum absolute atomic E-state index is 0.174. The second kappa shape index (κ2) is 9.95. The lowest BCUT2D eigenvalue weighted by Crippen LogP contribution is -2.35. The number of halogens is 7. The molecule has 3 rings (SSSR count). The van der Waals surface area contributed by atoms with Gasteiger partial charge in [0.2, 0.25) is 0 Å². The Labute approximate surface area is 196 Å². The molecular formula is C21H14Br2F5N3O. The highest BCUT2D eigenvalue weighted by molar-refractivity contribution is 9.11. The van der Waals surface area contributed by atoms with Crippen molar-refractivity contribution in [3.05, 3.63) is 91.9 Å². The zero-order chi connectivity index (χ0) is 23.5. The number of hydrogen-bond acceptors (Lipinski definition) is 2. The number of urea groups is 1. The Morgan fingerprint density at radius 1 is 1.06 bits per heavy atom. The van der Waals surface area contributed by atoms with Crippen LogP contribution in [-0.2, 0) is 12.9 Å². The number of nitrogens with zero attached hydrogens (tertiary/aromatic N) is 1. The molecule has 0 aliphatic carbocycles. The Balaban J connectivity index is 2.00. The number of hydrogen-bond donors (Lipinski definition) is 2. The van der Waals surface area contributed by atoms with E-state index in [0.717, 1.165) is 24.3 Å². The van der Waals surface area contributed by atoms with E-state index in [1.807, 2.05) is 0 Å². The normalized spacial score (nSPS) is 12.3. The van der Waals surface area contributed by atoms with E-state index < -0.39 is 42.0 Å². The summed E-state index contributed by atoms with van der Waals surface area (Å²) in [7, 11) is 0. The largest absolute Gasteiger partial charge is 0.418 e. The lowest BCUT2D eigenvalue weighted by Gasteiger charge is -2.23. The predicted octanol–water partition coefficient (Wildman–Crippen LogP) is 7.15. The van der Waals surface area contributed by atoms with E-state index in [1.165, 1.54) is 30.5 Å². The molecule has 3 aromatic rings. The molecule has 168 valence electrons. The third-order valence-electron chi connectivity index (χ3n) is 4.41. The molecule has 1 atom stereocenters. The fourth-order valence-corrected chi connectivity index (χ4v) is 4.27. The zero-order valence-electron chi connectivity index (χ0n) is 16.0. The van der Waals surface area contributed by atoms with Crippen LogP contribution in [0.25, 0.3) is 0 Å². The molecule has 1 aromatic heterocycles. The van der Waals surface area contributed by atoms with Gasteiger partial charge in [-0.15, -0.1) is 0 Å². The van der Waals surface area contributed by atoms with Crippen molar-refractivity contribution in [1.82, 2.24) is 10.3 Å². The molecular weight excluding hydrogens is 565 g/mol. The summed E-state index contributed by atoms with van der Waals surface area (Å²) < 4.78 is 67.6. The van der Waals surface area contributed by atoms with Crippen LogP contribution in [0.15, 0.2) is 63.7 Å². The minimum Gasteiger partial charge on any atom is -0.325 e. The maximum Gasteiger partial charge on any atom is 0.418 e. The second-order valence-electron chi connectivity index (χ2n) is 6.59. The van der Waals surface area contributed by atoms with E-state index in [9.17, 15) is 26.7 Å². The van der Waals surface area contributed by atoms with Crippen molar-refractivity contribution < 1.29 is 26.7 Å². The quantitative estimate of drug-likeness (QED) is 0.316. The molecule has 0 spiro atoms. The maximum absolute atomic E-state index is 13.6. The molecule has 32 heavy (non-hydrogen) atoms. The molecule has 0 unspecified atom stereocenters. The number of alkyl halides is 4. The topological polar surface area (TPSA) is 54.0 Å². The number of carbonyl (C=O) groups excluding carboxylic acids is 1. The lowest BCUT2D eigenvalue weighted by atomic mass is 9.98. The smallest absolute Gasteiger partial charge is 0.325 e. The van der Waals surface area contributed by atoms with Gasteiger partial charge >= 0.3 is 12.2 Å². The number of amides is 2. The SMILES string of the molecule is O=C(Nc1c(Br)cc(F)cc1Br)N[C@@H](c1ccc(CF)cc1)c1ncccc1C(F)(F)F. The number of carbonyl (C=O) groups is 1. The monoisotopic (exact) mass is 577 g/mol. The number of aromatic nitrogens is 1. The van der Waals surface area contributed by atoms with Gasteiger partial charge in [-0.05, 0) is 67.3 Å². The van der Waals surface area contributed by atoms with Crippen molar-refractivity contribution in [2.75, 3.05) is 5.32 Å². The molecule has 1 heterocycles. The summed E-state index contributed by atoms with van der Waals surface area (Å²) in [6.45, 7) is -0.747. The molecule has 2 aromatic carbocycles. The second-order valence-corrected chi connectivity index (χ2v) is 8.29. The Bertz CT molecular complexity index is 1100. The van der Waals surface area contributed by atoms with Crippen molar-refractivity contribution in [3.8, 4) is 0 Å². The summed E-state index contributed by atoms with van der Waals surface area (Å²) in [5.41, 5.74) is -0.691. The molecule has 11 heteroatoms. The molecule has 0 saturated carbocycles. The van der Waals surface area contributed by atoms with Crippen LogP contribution in [-0.4, -0.2) is 11.0 Å². The Kier molecular flexibility index (Phi) is 7.50. The third-order valence-corrected chi connectivity index (χ3v) is 5.66. The van der Waals surface area contributed by atoms with E-state index in [0.29, 0.717) is 5.56 Å². The van der Waals surface area contributed by atoms with Gasteiger partial charge in [-0.25, -0.2) is 13.6 Å². The zero-order valence-corrected chi connectivity index (χ0v) is 19.2. The van der Waals surface area contributed by atoms with Crippen LogP contribution in [0.4, 0.5) is 32.4 Å². The van der Waals surface area contributed by atoms with Gasteiger partial charge in [0.25, 0.3) is 0 Å². The number of nitrogens with one attached hydrogen (secondary N) is 2. The van der Waals surface area contributed by atoms with Crippen LogP contribution in [0.5, 0.6) is 0 Å². The number of pyridine rings is 1. The first kappa shape index (κ1) is 24.1.